The van der Waals surface area contributed by atoms with Gasteiger partial charge in [0.2, 0.25) is 0 Å². The van der Waals surface area contributed by atoms with Gasteiger partial charge in [0, 0.05) is 31.0 Å². The summed E-state index contributed by atoms with van der Waals surface area (Å²) in [6, 6.07) is 7.86. The zero-order valence-corrected chi connectivity index (χ0v) is 13.8. The molecule has 0 saturated carbocycles. The summed E-state index contributed by atoms with van der Waals surface area (Å²) in [4.78, 5) is 17.3. The number of pyridine rings is 1. The Labute approximate surface area is 139 Å². The Bertz CT molecular complexity index is 944. The summed E-state index contributed by atoms with van der Waals surface area (Å²) in [7, 11) is 0. The zero-order chi connectivity index (χ0) is 16.7. The SMILES string of the molecule is CCn1ncc2c(C(=O)Nc3ccc4c(c3)CNC4)cc(C)nc21. The highest BCUT2D eigenvalue weighted by Crippen LogP contribution is 2.23. The topological polar surface area (TPSA) is 71.8 Å². The number of amides is 1. The maximum Gasteiger partial charge on any atom is 0.256 e. The number of hydrogen-bond acceptors (Lipinski definition) is 4. The molecule has 0 spiro atoms. The van der Waals surface area contributed by atoms with Gasteiger partial charge in [0.25, 0.3) is 5.91 Å². The van der Waals surface area contributed by atoms with Crippen LogP contribution in [-0.4, -0.2) is 20.7 Å². The number of fused-ring (bicyclic) bond motifs is 2. The van der Waals surface area contributed by atoms with Crippen molar-refractivity contribution in [2.75, 3.05) is 5.32 Å². The number of hydrogen-bond donors (Lipinski definition) is 2. The van der Waals surface area contributed by atoms with Crippen LogP contribution in [0.1, 0.15) is 34.1 Å². The van der Waals surface area contributed by atoms with Crippen molar-refractivity contribution < 1.29 is 4.79 Å². The molecule has 6 heteroatoms. The number of anilines is 1. The van der Waals surface area contributed by atoms with Gasteiger partial charge in [-0.25, -0.2) is 9.67 Å². The van der Waals surface area contributed by atoms with Crippen molar-refractivity contribution in [3.63, 3.8) is 0 Å². The van der Waals surface area contributed by atoms with Crippen molar-refractivity contribution in [2.45, 2.75) is 33.5 Å². The second-order valence-corrected chi connectivity index (χ2v) is 6.05. The molecule has 122 valence electrons. The third-order valence-corrected chi connectivity index (χ3v) is 4.38. The largest absolute Gasteiger partial charge is 0.322 e. The number of benzene rings is 1. The maximum atomic E-state index is 12.8. The summed E-state index contributed by atoms with van der Waals surface area (Å²) in [6.07, 6.45) is 1.72. The molecule has 3 heterocycles. The first kappa shape index (κ1) is 14.8. The Kier molecular flexibility index (Phi) is 3.54. The summed E-state index contributed by atoms with van der Waals surface area (Å²) in [6.45, 7) is 6.36. The number of carbonyl (C=O) groups is 1. The average Bonchev–Trinajstić information content (AvgIpc) is 3.19. The van der Waals surface area contributed by atoms with Gasteiger partial charge >= 0.3 is 0 Å². The molecule has 1 amide bonds. The van der Waals surface area contributed by atoms with Gasteiger partial charge in [-0.3, -0.25) is 4.79 Å². The van der Waals surface area contributed by atoms with E-state index in [1.165, 1.54) is 11.1 Å². The Hall–Kier alpha value is -2.73. The van der Waals surface area contributed by atoms with E-state index in [0.717, 1.165) is 42.0 Å². The molecular formula is C18H19N5O. The smallest absolute Gasteiger partial charge is 0.256 e. The van der Waals surface area contributed by atoms with Gasteiger partial charge in [0.05, 0.1) is 17.1 Å². The van der Waals surface area contributed by atoms with E-state index in [9.17, 15) is 4.79 Å². The van der Waals surface area contributed by atoms with Gasteiger partial charge in [-0.2, -0.15) is 5.10 Å². The van der Waals surface area contributed by atoms with Crippen molar-refractivity contribution in [1.82, 2.24) is 20.1 Å². The summed E-state index contributed by atoms with van der Waals surface area (Å²) < 4.78 is 1.81. The van der Waals surface area contributed by atoms with Gasteiger partial charge in [-0.15, -0.1) is 0 Å². The third-order valence-electron chi connectivity index (χ3n) is 4.38. The number of aryl methyl sites for hydroxylation is 2. The lowest BCUT2D eigenvalue weighted by Gasteiger charge is -2.09. The molecule has 0 atom stereocenters. The van der Waals surface area contributed by atoms with E-state index >= 15 is 0 Å². The first-order chi connectivity index (χ1) is 11.7. The van der Waals surface area contributed by atoms with Crippen LogP contribution in [0.15, 0.2) is 30.5 Å². The highest BCUT2D eigenvalue weighted by molar-refractivity contribution is 6.12. The highest BCUT2D eigenvalue weighted by Gasteiger charge is 2.17. The molecule has 2 aromatic heterocycles. The molecule has 1 aliphatic heterocycles. The molecule has 4 rings (SSSR count). The van der Waals surface area contributed by atoms with Crippen LogP contribution in [0, 0.1) is 6.92 Å². The van der Waals surface area contributed by atoms with Crippen molar-refractivity contribution in [2.24, 2.45) is 0 Å². The summed E-state index contributed by atoms with van der Waals surface area (Å²) in [5, 5.41) is 11.4. The van der Waals surface area contributed by atoms with E-state index in [0.29, 0.717) is 5.56 Å². The summed E-state index contributed by atoms with van der Waals surface area (Å²) in [5.74, 6) is -0.132. The van der Waals surface area contributed by atoms with Crippen LogP contribution in [-0.2, 0) is 19.6 Å². The van der Waals surface area contributed by atoms with E-state index < -0.39 is 0 Å². The minimum absolute atomic E-state index is 0.132. The molecular weight excluding hydrogens is 302 g/mol. The van der Waals surface area contributed by atoms with Crippen LogP contribution in [0.4, 0.5) is 5.69 Å². The van der Waals surface area contributed by atoms with Gasteiger partial charge in [0.15, 0.2) is 5.65 Å². The molecule has 0 unspecified atom stereocenters. The van der Waals surface area contributed by atoms with E-state index in [2.05, 4.69) is 26.8 Å². The minimum Gasteiger partial charge on any atom is -0.322 e. The summed E-state index contributed by atoms with van der Waals surface area (Å²) >= 11 is 0. The molecule has 1 aliphatic rings. The van der Waals surface area contributed by atoms with Gasteiger partial charge in [-0.1, -0.05) is 6.07 Å². The average molecular weight is 321 g/mol. The predicted molar refractivity (Wildman–Crippen MR) is 92.9 cm³/mol. The van der Waals surface area contributed by atoms with Crippen molar-refractivity contribution in [3.05, 3.63) is 52.8 Å². The fourth-order valence-corrected chi connectivity index (χ4v) is 3.16. The number of rotatable bonds is 3. The van der Waals surface area contributed by atoms with Crippen molar-refractivity contribution in [3.8, 4) is 0 Å². The molecule has 0 radical (unpaired) electrons. The number of aromatic nitrogens is 3. The molecule has 24 heavy (non-hydrogen) atoms. The predicted octanol–water partition coefficient (Wildman–Crippen LogP) is 2.62. The molecule has 1 aromatic carbocycles. The summed E-state index contributed by atoms with van der Waals surface area (Å²) in [5.41, 5.74) is 5.51. The van der Waals surface area contributed by atoms with Crippen LogP contribution in [0.3, 0.4) is 0 Å². The lowest BCUT2D eigenvalue weighted by Crippen LogP contribution is -2.13. The lowest BCUT2D eigenvalue weighted by molar-refractivity contribution is 0.102. The molecule has 0 saturated heterocycles. The van der Waals surface area contributed by atoms with Gasteiger partial charge in [-0.05, 0) is 43.2 Å². The van der Waals surface area contributed by atoms with Crippen LogP contribution in [0.2, 0.25) is 0 Å². The first-order valence-electron chi connectivity index (χ1n) is 8.12. The Balaban J connectivity index is 1.69. The van der Waals surface area contributed by atoms with E-state index in [1.807, 2.05) is 32.0 Å². The molecule has 3 aromatic rings. The first-order valence-corrected chi connectivity index (χ1v) is 8.12. The normalized spacial score (nSPS) is 13.2. The molecule has 0 fully saturated rings. The zero-order valence-electron chi connectivity index (χ0n) is 13.8. The molecule has 2 N–H and O–H groups in total. The number of nitrogens with one attached hydrogen (secondary N) is 2. The van der Waals surface area contributed by atoms with Crippen LogP contribution >= 0.6 is 0 Å². The fraction of sp³-hybridized carbons (Fsp3) is 0.278. The fourth-order valence-electron chi connectivity index (χ4n) is 3.16. The number of nitrogens with zero attached hydrogens (tertiary/aromatic N) is 3. The molecule has 0 bridgehead atoms. The minimum atomic E-state index is -0.132. The van der Waals surface area contributed by atoms with Crippen molar-refractivity contribution in [1.29, 1.82) is 0 Å². The third kappa shape index (κ3) is 2.45. The standard InChI is InChI=1S/C18H19N5O/c1-3-23-17-16(10-20-23)15(6-11(2)21-17)18(24)22-14-5-4-12-8-19-9-13(12)7-14/h4-7,10,19H,3,8-9H2,1-2H3,(H,22,24). The number of carbonyl (C=O) groups excluding carboxylic acids is 1. The van der Waals surface area contributed by atoms with E-state index in [4.69, 9.17) is 0 Å². The van der Waals surface area contributed by atoms with Gasteiger partial charge in [0.1, 0.15) is 0 Å². The Morgan fingerprint density at radius 1 is 1.29 bits per heavy atom. The lowest BCUT2D eigenvalue weighted by atomic mass is 10.1. The van der Waals surface area contributed by atoms with Crippen LogP contribution in [0.5, 0.6) is 0 Å². The van der Waals surface area contributed by atoms with Crippen LogP contribution in [0.25, 0.3) is 11.0 Å². The van der Waals surface area contributed by atoms with Crippen molar-refractivity contribution >= 4 is 22.6 Å². The second-order valence-electron chi connectivity index (χ2n) is 6.05. The van der Waals surface area contributed by atoms with E-state index in [1.54, 1.807) is 10.9 Å². The maximum absolute atomic E-state index is 12.8. The van der Waals surface area contributed by atoms with E-state index in [-0.39, 0.29) is 5.91 Å². The molecule has 6 nitrogen and oxygen atoms in total. The quantitative estimate of drug-likeness (QED) is 0.778. The van der Waals surface area contributed by atoms with Gasteiger partial charge < -0.3 is 10.6 Å². The van der Waals surface area contributed by atoms with Crippen LogP contribution < -0.4 is 10.6 Å². The Morgan fingerprint density at radius 3 is 2.96 bits per heavy atom. The molecule has 0 aliphatic carbocycles. The Morgan fingerprint density at radius 2 is 2.12 bits per heavy atom. The highest BCUT2D eigenvalue weighted by atomic mass is 16.1. The monoisotopic (exact) mass is 321 g/mol. The second kappa shape index (κ2) is 5.72.